The van der Waals surface area contributed by atoms with E-state index in [0.717, 1.165) is 24.8 Å². The summed E-state index contributed by atoms with van der Waals surface area (Å²) < 4.78 is 14.0. The number of aromatic nitrogens is 4. The van der Waals surface area contributed by atoms with Crippen LogP contribution in [0, 0.1) is 13.8 Å². The number of methoxy groups -OCH3 is 1. The summed E-state index contributed by atoms with van der Waals surface area (Å²) in [6.45, 7) is 6.45. The number of Topliss-reactive ketones (excluding diaryl/α,β-unsaturated/α-hetero) is 1. The van der Waals surface area contributed by atoms with E-state index in [1.165, 1.54) is 33.6 Å². The Balaban J connectivity index is 1.43. The van der Waals surface area contributed by atoms with Crippen molar-refractivity contribution >= 4 is 51.3 Å². The van der Waals surface area contributed by atoms with Crippen molar-refractivity contribution in [3.8, 4) is 11.5 Å². The molecule has 1 N–H and O–H groups in total. The van der Waals surface area contributed by atoms with Crippen molar-refractivity contribution in [3.63, 3.8) is 0 Å². The first kappa shape index (κ1) is 32.3. The number of carbonyl (C=O) groups is 2. The summed E-state index contributed by atoms with van der Waals surface area (Å²) in [5, 5.41) is 20.8. The van der Waals surface area contributed by atoms with Gasteiger partial charge in [-0.15, -0.1) is 10.2 Å². The van der Waals surface area contributed by atoms with E-state index < -0.39 is 17.7 Å². The zero-order valence-corrected chi connectivity index (χ0v) is 28.2. The number of rotatable bonds is 12. The van der Waals surface area contributed by atoms with Crippen LogP contribution in [0.4, 0.5) is 5.13 Å². The molecule has 0 aliphatic carbocycles. The summed E-state index contributed by atoms with van der Waals surface area (Å²) in [7, 11) is 1.54. The number of carbonyl (C=O) groups excluding carboxylic acids is 2. The molecule has 0 radical (unpaired) electrons. The van der Waals surface area contributed by atoms with E-state index in [2.05, 4.69) is 46.4 Å². The van der Waals surface area contributed by atoms with E-state index in [0.29, 0.717) is 50.8 Å². The molecule has 6 rings (SSSR count). The number of hydrogen-bond donors (Lipinski definition) is 1. The van der Waals surface area contributed by atoms with Crippen molar-refractivity contribution in [2.75, 3.05) is 18.6 Å². The molecule has 1 amide bonds. The number of unbranched alkanes of at least 4 members (excludes halogenated alkanes) is 2. The summed E-state index contributed by atoms with van der Waals surface area (Å²) >= 11 is 2.72. The Morgan fingerprint density at radius 1 is 1.02 bits per heavy atom. The van der Waals surface area contributed by atoms with Crippen LogP contribution in [0.1, 0.15) is 60.3 Å². The highest BCUT2D eigenvalue weighted by Crippen LogP contribution is 2.46. The predicted molar refractivity (Wildman–Crippen MR) is 183 cm³/mol. The second-order valence-electron chi connectivity index (χ2n) is 11.2. The summed E-state index contributed by atoms with van der Waals surface area (Å²) in [5.74, 6) is -0.310. The molecule has 12 heteroatoms. The van der Waals surface area contributed by atoms with Crippen molar-refractivity contribution in [3.05, 3.63) is 101 Å². The molecular weight excluding hydrogens is 635 g/mol. The van der Waals surface area contributed by atoms with Crippen LogP contribution in [-0.4, -0.2) is 50.1 Å². The van der Waals surface area contributed by atoms with Crippen LogP contribution in [0.25, 0.3) is 11.4 Å². The number of pyridine rings is 1. The molecule has 1 atom stereocenters. The lowest BCUT2D eigenvalue weighted by atomic mass is 9.96. The van der Waals surface area contributed by atoms with E-state index in [1.807, 2.05) is 19.1 Å². The quantitative estimate of drug-likeness (QED) is 0.0365. The summed E-state index contributed by atoms with van der Waals surface area (Å²) in [6, 6.07) is 18.0. The second kappa shape index (κ2) is 14.0. The van der Waals surface area contributed by atoms with Gasteiger partial charge in [-0.25, -0.2) is 4.98 Å². The zero-order chi connectivity index (χ0) is 33.1. The number of aliphatic hydroxyl groups is 1. The average molecular weight is 670 g/mol. The molecule has 242 valence electrons. The topological polar surface area (TPSA) is 119 Å². The molecule has 1 aliphatic heterocycles. The number of fused-ring (bicyclic) bond motifs is 1. The Morgan fingerprint density at radius 2 is 1.83 bits per heavy atom. The number of nitrogens with zero attached hydrogens (tertiary/aromatic N) is 5. The molecule has 4 heterocycles. The highest BCUT2D eigenvalue weighted by Gasteiger charge is 2.49. The van der Waals surface area contributed by atoms with Crippen LogP contribution in [0.3, 0.4) is 0 Å². The number of ether oxygens (including phenoxy) is 2. The predicted octanol–water partition coefficient (Wildman–Crippen LogP) is 7.30. The standard InChI is InChI=1S/C35H35N5O5S2/c1-5-6-9-18-45-25-16-15-24(19-26(25)44-4)30-28(31(41)29-22(3)36-27-10-7-8-17-39(27)29)32(42)33(43)40(30)34-37-38-35(47-34)46-20-23-13-11-21(2)12-14-23/h7-8,10-17,19,30,41H,5-6,9,18,20H2,1-4H3/b31-28+. The fraction of sp³-hybridized carbons (Fsp3) is 0.286. The lowest BCUT2D eigenvalue weighted by Gasteiger charge is -2.23. The number of aryl methyl sites for hydroxylation is 2. The minimum absolute atomic E-state index is 0.0773. The van der Waals surface area contributed by atoms with Crippen molar-refractivity contribution < 1.29 is 24.2 Å². The van der Waals surface area contributed by atoms with Crippen LogP contribution < -0.4 is 14.4 Å². The maximum Gasteiger partial charge on any atom is 0.301 e. The summed E-state index contributed by atoms with van der Waals surface area (Å²) in [4.78, 5) is 33.6. The molecule has 1 fully saturated rings. The Bertz CT molecular complexity index is 1970. The number of ketones is 1. The average Bonchev–Trinajstić information content (AvgIpc) is 3.76. The van der Waals surface area contributed by atoms with Gasteiger partial charge in [-0.3, -0.25) is 18.9 Å². The van der Waals surface area contributed by atoms with Crippen molar-refractivity contribution in [1.29, 1.82) is 0 Å². The van der Waals surface area contributed by atoms with Crippen molar-refractivity contribution in [1.82, 2.24) is 19.6 Å². The van der Waals surface area contributed by atoms with Gasteiger partial charge in [-0.05, 0) is 55.7 Å². The normalized spacial score (nSPS) is 15.9. The van der Waals surface area contributed by atoms with Crippen molar-refractivity contribution in [2.45, 2.75) is 56.2 Å². The first-order valence-corrected chi connectivity index (χ1v) is 17.2. The monoisotopic (exact) mass is 669 g/mol. The molecule has 2 aromatic carbocycles. The molecule has 47 heavy (non-hydrogen) atoms. The number of aliphatic hydroxyl groups excluding tert-OH is 1. The Morgan fingerprint density at radius 3 is 2.60 bits per heavy atom. The minimum Gasteiger partial charge on any atom is -0.505 e. The minimum atomic E-state index is -1.02. The van der Waals surface area contributed by atoms with Crippen LogP contribution in [0.2, 0.25) is 0 Å². The highest BCUT2D eigenvalue weighted by molar-refractivity contribution is 8.00. The second-order valence-corrected chi connectivity index (χ2v) is 13.4. The molecule has 1 saturated heterocycles. The summed E-state index contributed by atoms with van der Waals surface area (Å²) in [5.41, 5.74) is 4.22. The smallest absolute Gasteiger partial charge is 0.301 e. The van der Waals surface area contributed by atoms with Crippen LogP contribution in [0.15, 0.2) is 76.8 Å². The fourth-order valence-corrected chi connectivity index (χ4v) is 7.39. The first-order chi connectivity index (χ1) is 22.8. The van der Waals surface area contributed by atoms with Gasteiger partial charge in [-0.2, -0.15) is 0 Å². The maximum atomic E-state index is 13.9. The Kier molecular flexibility index (Phi) is 9.60. The van der Waals surface area contributed by atoms with Crippen LogP contribution in [-0.2, 0) is 15.3 Å². The molecule has 5 aromatic rings. The van der Waals surface area contributed by atoms with Crippen LogP contribution >= 0.6 is 23.1 Å². The van der Waals surface area contributed by atoms with Gasteiger partial charge in [0.15, 0.2) is 21.6 Å². The van der Waals surface area contributed by atoms with Gasteiger partial charge < -0.3 is 14.6 Å². The molecular formula is C35H35N5O5S2. The molecule has 0 spiro atoms. The van der Waals surface area contributed by atoms with Gasteiger partial charge in [0.2, 0.25) is 5.13 Å². The number of amides is 1. The molecule has 1 unspecified atom stereocenters. The van der Waals surface area contributed by atoms with E-state index in [9.17, 15) is 14.7 Å². The molecule has 1 aliphatic rings. The Hall–Kier alpha value is -4.68. The van der Waals surface area contributed by atoms with Crippen molar-refractivity contribution in [2.24, 2.45) is 0 Å². The lowest BCUT2D eigenvalue weighted by Crippen LogP contribution is -2.29. The summed E-state index contributed by atoms with van der Waals surface area (Å²) in [6.07, 6.45) is 4.78. The lowest BCUT2D eigenvalue weighted by molar-refractivity contribution is -0.132. The molecule has 10 nitrogen and oxygen atoms in total. The zero-order valence-electron chi connectivity index (χ0n) is 26.6. The molecule has 0 saturated carbocycles. The first-order valence-electron chi connectivity index (χ1n) is 15.4. The Labute approximate surface area is 281 Å². The van der Waals surface area contributed by atoms with Crippen LogP contribution in [0.5, 0.6) is 11.5 Å². The van der Waals surface area contributed by atoms with Gasteiger partial charge in [-0.1, -0.05) is 84.8 Å². The van der Waals surface area contributed by atoms with Gasteiger partial charge in [0, 0.05) is 11.9 Å². The van der Waals surface area contributed by atoms with E-state index in [-0.39, 0.29) is 16.5 Å². The SMILES string of the molecule is CCCCCOc1ccc(C2/C(=C(\O)c3c(C)nc4ccccn34)C(=O)C(=O)N2c2nnc(SCc3ccc(C)cc3)s2)cc1OC. The van der Waals surface area contributed by atoms with Gasteiger partial charge in [0.25, 0.3) is 5.78 Å². The van der Waals surface area contributed by atoms with E-state index >= 15 is 0 Å². The third-order valence-corrected chi connectivity index (χ3v) is 10.1. The molecule has 0 bridgehead atoms. The highest BCUT2D eigenvalue weighted by atomic mass is 32.2. The van der Waals surface area contributed by atoms with E-state index in [4.69, 9.17) is 9.47 Å². The number of thioether (sulfide) groups is 1. The number of imidazole rings is 1. The molecule has 3 aromatic heterocycles. The third kappa shape index (κ3) is 6.48. The van der Waals surface area contributed by atoms with Gasteiger partial charge in [0.1, 0.15) is 11.3 Å². The number of anilines is 1. The third-order valence-electron chi connectivity index (χ3n) is 7.97. The van der Waals surface area contributed by atoms with Gasteiger partial charge >= 0.3 is 5.91 Å². The number of hydrogen-bond acceptors (Lipinski definition) is 10. The van der Waals surface area contributed by atoms with Gasteiger partial charge in [0.05, 0.1) is 31.0 Å². The fourth-order valence-electron chi connectivity index (χ4n) is 5.57. The van der Waals surface area contributed by atoms with E-state index in [1.54, 1.807) is 48.9 Å². The number of benzene rings is 2. The largest absolute Gasteiger partial charge is 0.505 e. The maximum absolute atomic E-state index is 13.9.